The molecule has 0 radical (unpaired) electrons. The molecule has 4 heteroatoms. The van der Waals surface area contributed by atoms with Crippen LogP contribution >= 0.6 is 0 Å². The Morgan fingerprint density at radius 1 is 1.38 bits per heavy atom. The fraction of sp³-hybridized carbons (Fsp3) is 0.706. The van der Waals surface area contributed by atoms with Crippen molar-refractivity contribution in [3.05, 3.63) is 24.4 Å². The van der Waals surface area contributed by atoms with Gasteiger partial charge in [0.05, 0.1) is 0 Å². The monoisotopic (exact) mass is 290 g/mol. The maximum absolute atomic E-state index is 4.44. The van der Waals surface area contributed by atoms with Gasteiger partial charge in [-0.2, -0.15) is 0 Å². The zero-order valence-electron chi connectivity index (χ0n) is 13.8. The van der Waals surface area contributed by atoms with Gasteiger partial charge in [-0.1, -0.05) is 13.0 Å². The molecule has 1 aliphatic heterocycles. The quantitative estimate of drug-likeness (QED) is 0.835. The first-order valence-electron chi connectivity index (χ1n) is 8.30. The molecular formula is C17H30N4. The summed E-state index contributed by atoms with van der Waals surface area (Å²) in [6, 6.07) is 7.49. The Balaban J connectivity index is 1.65. The third kappa shape index (κ3) is 4.97. The zero-order chi connectivity index (χ0) is 15.1. The summed E-state index contributed by atoms with van der Waals surface area (Å²) < 4.78 is 0. The Morgan fingerprint density at radius 3 is 2.76 bits per heavy atom. The van der Waals surface area contributed by atoms with Crippen LogP contribution in [0.3, 0.4) is 0 Å². The summed E-state index contributed by atoms with van der Waals surface area (Å²) in [7, 11) is 2.22. The number of aromatic nitrogens is 1. The molecule has 1 N–H and O–H groups in total. The summed E-state index contributed by atoms with van der Waals surface area (Å²) in [4.78, 5) is 9.27. The molecule has 0 aromatic carbocycles. The number of nitrogens with zero attached hydrogens (tertiary/aromatic N) is 3. The molecule has 4 nitrogen and oxygen atoms in total. The number of nitrogens with one attached hydrogen (secondary N) is 1. The van der Waals surface area contributed by atoms with Crippen LogP contribution in [0.2, 0.25) is 0 Å². The van der Waals surface area contributed by atoms with Gasteiger partial charge in [0.15, 0.2) is 0 Å². The van der Waals surface area contributed by atoms with E-state index in [9.17, 15) is 0 Å². The molecule has 1 unspecified atom stereocenters. The summed E-state index contributed by atoms with van der Waals surface area (Å²) in [6.45, 7) is 8.99. The largest absolute Gasteiger partial charge is 0.357 e. The van der Waals surface area contributed by atoms with E-state index in [2.05, 4.69) is 53.1 Å². The van der Waals surface area contributed by atoms with Gasteiger partial charge in [-0.15, -0.1) is 0 Å². The molecule has 0 saturated carbocycles. The van der Waals surface area contributed by atoms with E-state index < -0.39 is 0 Å². The maximum Gasteiger partial charge on any atom is 0.128 e. The highest BCUT2D eigenvalue weighted by Gasteiger charge is 2.19. The first kappa shape index (κ1) is 16.2. The van der Waals surface area contributed by atoms with Crippen molar-refractivity contribution < 1.29 is 0 Å². The Kier molecular flexibility index (Phi) is 6.46. The summed E-state index contributed by atoms with van der Waals surface area (Å²) >= 11 is 0. The van der Waals surface area contributed by atoms with Gasteiger partial charge in [-0.25, -0.2) is 4.98 Å². The molecule has 1 fully saturated rings. The lowest BCUT2D eigenvalue weighted by Crippen LogP contribution is -2.45. The molecule has 0 aliphatic carbocycles. The van der Waals surface area contributed by atoms with Crippen LogP contribution in [0.25, 0.3) is 0 Å². The van der Waals surface area contributed by atoms with Crippen molar-refractivity contribution >= 4 is 5.82 Å². The molecular weight excluding hydrogens is 260 g/mol. The standard InChI is InChI=1S/C17H30N4/c1-4-15(2)20(3)14-11-18-16-8-12-21(13-9-16)17-7-5-6-10-19-17/h5-7,10,15-16,18H,4,8-9,11-14H2,1-3H3. The minimum Gasteiger partial charge on any atom is -0.357 e. The van der Waals surface area contributed by atoms with Gasteiger partial charge in [0.2, 0.25) is 0 Å². The Hall–Kier alpha value is -1.13. The summed E-state index contributed by atoms with van der Waals surface area (Å²) in [5.41, 5.74) is 0. The van der Waals surface area contributed by atoms with Gasteiger partial charge in [0.25, 0.3) is 0 Å². The number of hydrogen-bond donors (Lipinski definition) is 1. The molecule has 1 aromatic heterocycles. The lowest BCUT2D eigenvalue weighted by atomic mass is 10.1. The highest BCUT2D eigenvalue weighted by Crippen LogP contribution is 2.17. The molecule has 1 aromatic rings. The van der Waals surface area contributed by atoms with Crippen LogP contribution in [0.1, 0.15) is 33.1 Å². The smallest absolute Gasteiger partial charge is 0.128 e. The number of hydrogen-bond acceptors (Lipinski definition) is 4. The second-order valence-corrected chi connectivity index (χ2v) is 6.14. The minimum absolute atomic E-state index is 0.662. The van der Waals surface area contributed by atoms with Crippen molar-refractivity contribution in [1.29, 1.82) is 0 Å². The van der Waals surface area contributed by atoms with Crippen LogP contribution in [0, 0.1) is 0 Å². The molecule has 0 amide bonds. The van der Waals surface area contributed by atoms with Gasteiger partial charge in [-0.05, 0) is 45.4 Å². The van der Waals surface area contributed by atoms with Crippen LogP contribution in [-0.2, 0) is 0 Å². The zero-order valence-corrected chi connectivity index (χ0v) is 13.8. The normalized spacial score (nSPS) is 18.2. The van der Waals surface area contributed by atoms with Crippen molar-refractivity contribution in [3.8, 4) is 0 Å². The number of anilines is 1. The molecule has 2 heterocycles. The minimum atomic E-state index is 0.662. The van der Waals surface area contributed by atoms with Crippen molar-refractivity contribution in [2.24, 2.45) is 0 Å². The van der Waals surface area contributed by atoms with Gasteiger partial charge in [0.1, 0.15) is 5.82 Å². The van der Waals surface area contributed by atoms with Crippen molar-refractivity contribution in [2.45, 2.75) is 45.2 Å². The predicted molar refractivity (Wildman–Crippen MR) is 89.9 cm³/mol. The van der Waals surface area contributed by atoms with Crippen LogP contribution < -0.4 is 10.2 Å². The lowest BCUT2D eigenvalue weighted by molar-refractivity contribution is 0.245. The third-order valence-corrected chi connectivity index (χ3v) is 4.71. The second kappa shape index (κ2) is 8.35. The molecule has 118 valence electrons. The van der Waals surface area contributed by atoms with E-state index >= 15 is 0 Å². The van der Waals surface area contributed by atoms with Crippen LogP contribution in [-0.4, -0.2) is 55.2 Å². The van der Waals surface area contributed by atoms with Crippen LogP contribution in [0.4, 0.5) is 5.82 Å². The van der Waals surface area contributed by atoms with Crippen LogP contribution in [0.15, 0.2) is 24.4 Å². The summed E-state index contributed by atoms with van der Waals surface area (Å²) in [6.07, 6.45) is 5.52. The average Bonchev–Trinajstić information content (AvgIpc) is 2.55. The molecule has 1 saturated heterocycles. The number of rotatable bonds is 7. The Morgan fingerprint density at radius 2 is 2.14 bits per heavy atom. The first-order chi connectivity index (χ1) is 10.2. The molecule has 2 rings (SSSR count). The van der Waals surface area contributed by atoms with E-state index in [0.29, 0.717) is 12.1 Å². The highest BCUT2D eigenvalue weighted by molar-refractivity contribution is 5.38. The molecule has 1 aliphatic rings. The molecule has 1 atom stereocenters. The van der Waals surface area contributed by atoms with E-state index in [0.717, 1.165) is 32.0 Å². The van der Waals surface area contributed by atoms with Gasteiger partial charge in [0, 0.05) is 44.5 Å². The van der Waals surface area contributed by atoms with Crippen LogP contribution in [0.5, 0.6) is 0 Å². The maximum atomic E-state index is 4.44. The number of pyridine rings is 1. The molecule has 21 heavy (non-hydrogen) atoms. The van der Waals surface area contributed by atoms with Crippen molar-refractivity contribution in [3.63, 3.8) is 0 Å². The second-order valence-electron chi connectivity index (χ2n) is 6.14. The molecule has 0 bridgehead atoms. The van der Waals surface area contributed by atoms with E-state index in [1.807, 2.05) is 12.3 Å². The third-order valence-electron chi connectivity index (χ3n) is 4.71. The summed E-state index contributed by atoms with van der Waals surface area (Å²) in [5, 5.41) is 3.71. The number of likely N-dealkylation sites (N-methyl/N-ethyl adjacent to an activating group) is 1. The van der Waals surface area contributed by atoms with Gasteiger partial charge < -0.3 is 15.1 Å². The van der Waals surface area contributed by atoms with Crippen molar-refractivity contribution in [2.75, 3.05) is 38.1 Å². The molecule has 0 spiro atoms. The van der Waals surface area contributed by atoms with Crippen molar-refractivity contribution in [1.82, 2.24) is 15.2 Å². The van der Waals surface area contributed by atoms with Gasteiger partial charge in [-0.3, -0.25) is 0 Å². The average molecular weight is 290 g/mol. The summed E-state index contributed by atoms with van der Waals surface area (Å²) in [5.74, 6) is 1.12. The lowest BCUT2D eigenvalue weighted by Gasteiger charge is -2.33. The van der Waals surface area contributed by atoms with E-state index in [1.54, 1.807) is 0 Å². The first-order valence-corrected chi connectivity index (χ1v) is 8.30. The SMILES string of the molecule is CCC(C)N(C)CCNC1CCN(c2ccccn2)CC1. The number of piperidine rings is 1. The van der Waals surface area contributed by atoms with E-state index in [-0.39, 0.29) is 0 Å². The van der Waals surface area contributed by atoms with E-state index in [1.165, 1.54) is 19.3 Å². The Labute approximate surface area is 129 Å². The fourth-order valence-electron chi connectivity index (χ4n) is 2.83. The fourth-order valence-corrected chi connectivity index (χ4v) is 2.83. The van der Waals surface area contributed by atoms with Gasteiger partial charge >= 0.3 is 0 Å². The predicted octanol–water partition coefficient (Wildman–Crippen LogP) is 2.37. The Bertz CT molecular complexity index is 387. The van der Waals surface area contributed by atoms with E-state index in [4.69, 9.17) is 0 Å². The topological polar surface area (TPSA) is 31.4 Å². The highest BCUT2D eigenvalue weighted by atomic mass is 15.2.